The second-order valence-corrected chi connectivity index (χ2v) is 11.0. The summed E-state index contributed by atoms with van der Waals surface area (Å²) in [6.45, 7) is 13.4. The van der Waals surface area contributed by atoms with Gasteiger partial charge in [0.15, 0.2) is 0 Å². The van der Waals surface area contributed by atoms with E-state index < -0.39 is 0 Å². The Bertz CT molecular complexity index is 511. The molecule has 0 bridgehead atoms. The van der Waals surface area contributed by atoms with Gasteiger partial charge in [-0.3, -0.25) is 0 Å². The number of rotatable bonds is 18. The maximum Gasteiger partial charge on any atom is 0.0466 e. The SMILES string of the molecule is CC(C)CCCCCCCCc1cccc(CCCCCOCCCC(C)(C)C)c1. The highest BCUT2D eigenvalue weighted by Crippen LogP contribution is 2.20. The summed E-state index contributed by atoms with van der Waals surface area (Å²) in [6.07, 6.45) is 18.5. The predicted molar refractivity (Wildman–Crippen MR) is 134 cm³/mol. The topological polar surface area (TPSA) is 9.23 Å². The fraction of sp³-hybridized carbons (Fsp3) is 0.793. The van der Waals surface area contributed by atoms with Crippen LogP contribution in [0.2, 0.25) is 0 Å². The van der Waals surface area contributed by atoms with Crippen molar-refractivity contribution in [3.05, 3.63) is 35.4 Å². The van der Waals surface area contributed by atoms with Crippen LogP contribution in [0.3, 0.4) is 0 Å². The summed E-state index contributed by atoms with van der Waals surface area (Å²) in [6, 6.07) is 9.33. The van der Waals surface area contributed by atoms with Crippen LogP contribution in [0.25, 0.3) is 0 Å². The van der Waals surface area contributed by atoms with E-state index in [0.717, 1.165) is 19.1 Å². The van der Waals surface area contributed by atoms with Crippen LogP contribution in [0.5, 0.6) is 0 Å². The molecule has 0 saturated carbocycles. The highest BCUT2D eigenvalue weighted by molar-refractivity contribution is 5.23. The fourth-order valence-corrected chi connectivity index (χ4v) is 4.05. The van der Waals surface area contributed by atoms with E-state index in [-0.39, 0.29) is 0 Å². The zero-order valence-electron chi connectivity index (χ0n) is 21.1. The molecule has 0 aliphatic heterocycles. The van der Waals surface area contributed by atoms with Crippen molar-refractivity contribution in [2.45, 2.75) is 125 Å². The highest BCUT2D eigenvalue weighted by Gasteiger charge is 2.08. The van der Waals surface area contributed by atoms with Gasteiger partial charge in [0.1, 0.15) is 0 Å². The van der Waals surface area contributed by atoms with Gasteiger partial charge in [-0.2, -0.15) is 0 Å². The van der Waals surface area contributed by atoms with E-state index in [0.29, 0.717) is 5.41 Å². The predicted octanol–water partition coefficient (Wildman–Crippen LogP) is 9.17. The molecule has 1 heteroatoms. The van der Waals surface area contributed by atoms with Gasteiger partial charge in [-0.1, -0.05) is 104 Å². The summed E-state index contributed by atoms with van der Waals surface area (Å²) < 4.78 is 5.80. The second-order valence-electron chi connectivity index (χ2n) is 11.0. The smallest absolute Gasteiger partial charge is 0.0466 e. The third-order valence-corrected chi connectivity index (χ3v) is 5.96. The maximum absolute atomic E-state index is 5.80. The highest BCUT2D eigenvalue weighted by atomic mass is 16.5. The summed E-state index contributed by atoms with van der Waals surface area (Å²) in [7, 11) is 0. The fourth-order valence-electron chi connectivity index (χ4n) is 4.05. The monoisotopic (exact) mass is 416 g/mol. The van der Waals surface area contributed by atoms with Crippen molar-refractivity contribution in [2.24, 2.45) is 11.3 Å². The number of benzene rings is 1. The molecule has 0 radical (unpaired) electrons. The standard InChI is InChI=1S/C29H52O/c1-26(2)17-11-8-6-7-9-12-18-27-20-15-21-28(25-27)19-13-10-14-23-30-24-16-22-29(3,4)5/h15,20-21,25-26H,6-14,16-19,22-24H2,1-5H3. The third kappa shape index (κ3) is 16.9. The molecule has 1 aromatic carbocycles. The average Bonchev–Trinajstić information content (AvgIpc) is 2.68. The second kappa shape index (κ2) is 16.8. The molecule has 0 N–H and O–H groups in total. The van der Waals surface area contributed by atoms with Crippen molar-refractivity contribution >= 4 is 0 Å². The Morgan fingerprint density at radius 3 is 1.83 bits per heavy atom. The quantitative estimate of drug-likeness (QED) is 0.217. The molecule has 1 rings (SSSR count). The molecule has 0 aromatic heterocycles. The van der Waals surface area contributed by atoms with Gasteiger partial charge in [0.2, 0.25) is 0 Å². The van der Waals surface area contributed by atoms with Gasteiger partial charge in [-0.15, -0.1) is 0 Å². The van der Waals surface area contributed by atoms with Gasteiger partial charge in [0.25, 0.3) is 0 Å². The Kier molecular flexibility index (Phi) is 15.3. The van der Waals surface area contributed by atoms with Crippen molar-refractivity contribution < 1.29 is 4.74 Å². The van der Waals surface area contributed by atoms with Crippen LogP contribution >= 0.6 is 0 Å². The third-order valence-electron chi connectivity index (χ3n) is 5.96. The van der Waals surface area contributed by atoms with Crippen molar-refractivity contribution in [3.8, 4) is 0 Å². The number of aryl methyl sites for hydroxylation is 2. The molecule has 0 unspecified atom stereocenters. The summed E-state index contributed by atoms with van der Waals surface area (Å²) >= 11 is 0. The normalized spacial score (nSPS) is 12.1. The Morgan fingerprint density at radius 2 is 1.23 bits per heavy atom. The number of ether oxygens (including phenoxy) is 1. The lowest BCUT2D eigenvalue weighted by Crippen LogP contribution is -2.07. The summed E-state index contributed by atoms with van der Waals surface area (Å²) in [4.78, 5) is 0. The lowest BCUT2D eigenvalue weighted by Gasteiger charge is -2.17. The first-order chi connectivity index (χ1) is 14.4. The van der Waals surface area contributed by atoms with Crippen molar-refractivity contribution in [2.75, 3.05) is 13.2 Å². The van der Waals surface area contributed by atoms with Crippen molar-refractivity contribution in [3.63, 3.8) is 0 Å². The largest absolute Gasteiger partial charge is 0.381 e. The number of hydrogen-bond donors (Lipinski definition) is 0. The summed E-state index contributed by atoms with van der Waals surface area (Å²) in [5.41, 5.74) is 3.49. The van der Waals surface area contributed by atoms with Gasteiger partial charge in [-0.05, 0) is 67.4 Å². The first kappa shape index (κ1) is 27.2. The first-order valence-electron chi connectivity index (χ1n) is 13.0. The van der Waals surface area contributed by atoms with Crippen LogP contribution in [0.4, 0.5) is 0 Å². The lowest BCUT2D eigenvalue weighted by atomic mass is 9.91. The van der Waals surface area contributed by atoms with Crippen LogP contribution in [-0.4, -0.2) is 13.2 Å². The Hall–Kier alpha value is -0.820. The van der Waals surface area contributed by atoms with E-state index >= 15 is 0 Å². The molecule has 30 heavy (non-hydrogen) atoms. The molecule has 0 saturated heterocycles. The minimum absolute atomic E-state index is 0.436. The molecule has 0 atom stereocenters. The van der Waals surface area contributed by atoms with Crippen LogP contribution < -0.4 is 0 Å². The number of unbranched alkanes of at least 4 members (excludes halogenated alkanes) is 7. The molecule has 0 fully saturated rings. The molecule has 0 amide bonds. The molecule has 0 aliphatic rings. The van der Waals surface area contributed by atoms with Crippen LogP contribution in [0, 0.1) is 11.3 Å². The van der Waals surface area contributed by atoms with E-state index in [9.17, 15) is 0 Å². The molecular formula is C29H52O. The van der Waals surface area contributed by atoms with Gasteiger partial charge in [0.05, 0.1) is 0 Å². The minimum Gasteiger partial charge on any atom is -0.381 e. The molecule has 1 aromatic rings. The number of hydrogen-bond acceptors (Lipinski definition) is 1. The zero-order chi connectivity index (χ0) is 22.1. The Balaban J connectivity index is 2.01. The van der Waals surface area contributed by atoms with Gasteiger partial charge >= 0.3 is 0 Å². The van der Waals surface area contributed by atoms with E-state index in [1.54, 1.807) is 0 Å². The molecular weight excluding hydrogens is 364 g/mol. The molecule has 1 nitrogen and oxygen atoms in total. The summed E-state index contributed by atoms with van der Waals surface area (Å²) in [5.74, 6) is 0.869. The van der Waals surface area contributed by atoms with Gasteiger partial charge < -0.3 is 4.74 Å². The van der Waals surface area contributed by atoms with E-state index in [4.69, 9.17) is 4.74 Å². The van der Waals surface area contributed by atoms with Crippen LogP contribution in [0.1, 0.15) is 123 Å². The zero-order valence-corrected chi connectivity index (χ0v) is 21.1. The maximum atomic E-state index is 5.80. The Labute approximate surface area is 189 Å². The van der Waals surface area contributed by atoms with Crippen LogP contribution in [-0.2, 0) is 17.6 Å². The van der Waals surface area contributed by atoms with E-state index in [1.165, 1.54) is 101 Å². The van der Waals surface area contributed by atoms with Crippen LogP contribution in [0.15, 0.2) is 24.3 Å². The van der Waals surface area contributed by atoms with Crippen molar-refractivity contribution in [1.29, 1.82) is 0 Å². The van der Waals surface area contributed by atoms with Gasteiger partial charge in [0, 0.05) is 13.2 Å². The lowest BCUT2D eigenvalue weighted by molar-refractivity contribution is 0.119. The molecule has 0 aliphatic carbocycles. The van der Waals surface area contributed by atoms with E-state index in [2.05, 4.69) is 58.9 Å². The van der Waals surface area contributed by atoms with Gasteiger partial charge in [-0.25, -0.2) is 0 Å². The first-order valence-corrected chi connectivity index (χ1v) is 13.0. The molecule has 0 spiro atoms. The Morgan fingerprint density at radius 1 is 0.700 bits per heavy atom. The van der Waals surface area contributed by atoms with Crippen molar-refractivity contribution in [1.82, 2.24) is 0 Å². The molecule has 0 heterocycles. The summed E-state index contributed by atoms with van der Waals surface area (Å²) in [5, 5.41) is 0. The minimum atomic E-state index is 0.436. The van der Waals surface area contributed by atoms with E-state index in [1.807, 2.05) is 0 Å². The molecule has 174 valence electrons. The average molecular weight is 417 g/mol.